The molecule has 0 unspecified atom stereocenters. The van der Waals surface area contributed by atoms with Crippen LogP contribution < -0.4 is 15.4 Å². The van der Waals surface area contributed by atoms with Gasteiger partial charge in [-0.25, -0.2) is 0 Å². The van der Waals surface area contributed by atoms with E-state index in [0.717, 1.165) is 5.56 Å². The molecule has 0 radical (unpaired) electrons. The molecule has 1 aliphatic heterocycles. The van der Waals surface area contributed by atoms with Crippen LogP contribution in [-0.2, 0) is 19.1 Å². The summed E-state index contributed by atoms with van der Waals surface area (Å²) in [5, 5.41) is 5.39. The second-order valence-electron chi connectivity index (χ2n) is 6.23. The fourth-order valence-corrected chi connectivity index (χ4v) is 2.62. The lowest BCUT2D eigenvalue weighted by molar-refractivity contribution is -0.155. The average Bonchev–Trinajstić information content (AvgIpc) is 2.64. The van der Waals surface area contributed by atoms with Gasteiger partial charge in [0.25, 0.3) is 11.8 Å². The highest BCUT2D eigenvalue weighted by Gasteiger charge is 2.31. The summed E-state index contributed by atoms with van der Waals surface area (Å²) >= 11 is 0. The van der Waals surface area contributed by atoms with E-state index in [1.165, 1.54) is 6.92 Å². The molecule has 1 heterocycles. The largest absolute Gasteiger partial charge is 0.478 e. The summed E-state index contributed by atoms with van der Waals surface area (Å²) in [5.41, 5.74) is 2.10. The number of carbonyl (C=O) groups is 3. The predicted octanol–water partition coefficient (Wildman–Crippen LogP) is 2.66. The van der Waals surface area contributed by atoms with Gasteiger partial charge < -0.3 is 20.1 Å². The van der Waals surface area contributed by atoms with E-state index in [-0.39, 0.29) is 6.42 Å². The molecule has 2 atom stereocenters. The molecule has 2 aromatic rings. The van der Waals surface area contributed by atoms with Crippen molar-refractivity contribution in [3.05, 3.63) is 54.1 Å². The van der Waals surface area contributed by atoms with Crippen molar-refractivity contribution in [2.75, 3.05) is 10.6 Å². The summed E-state index contributed by atoms with van der Waals surface area (Å²) in [7, 11) is 0. The summed E-state index contributed by atoms with van der Waals surface area (Å²) in [4.78, 5) is 36.4. The Morgan fingerprint density at radius 2 is 1.89 bits per heavy atom. The second-order valence-corrected chi connectivity index (χ2v) is 6.23. The monoisotopic (exact) mass is 368 g/mol. The van der Waals surface area contributed by atoms with Gasteiger partial charge in [-0.2, -0.15) is 0 Å². The smallest absolute Gasteiger partial charge is 0.310 e. The van der Waals surface area contributed by atoms with Crippen molar-refractivity contribution in [2.45, 2.75) is 32.5 Å². The van der Waals surface area contributed by atoms with Crippen LogP contribution >= 0.6 is 0 Å². The van der Waals surface area contributed by atoms with Crippen molar-refractivity contribution in [1.29, 1.82) is 0 Å². The number of benzene rings is 2. The number of hydrogen-bond acceptors (Lipinski definition) is 5. The topological polar surface area (TPSA) is 93.7 Å². The molecule has 0 aromatic heterocycles. The van der Waals surface area contributed by atoms with E-state index in [2.05, 4.69) is 10.6 Å². The molecular formula is C20H20N2O5. The number of carbonyl (C=O) groups excluding carboxylic acids is 3. The molecule has 27 heavy (non-hydrogen) atoms. The number of hydrogen-bond donors (Lipinski definition) is 2. The lowest BCUT2D eigenvalue weighted by atomic mass is 10.1. The highest BCUT2D eigenvalue weighted by atomic mass is 16.6. The van der Waals surface area contributed by atoms with Crippen molar-refractivity contribution in [3.8, 4) is 5.75 Å². The van der Waals surface area contributed by atoms with E-state index in [9.17, 15) is 14.4 Å². The van der Waals surface area contributed by atoms with Crippen LogP contribution in [0.15, 0.2) is 48.5 Å². The molecular weight excluding hydrogens is 348 g/mol. The van der Waals surface area contributed by atoms with Gasteiger partial charge in [0.2, 0.25) is 0 Å². The zero-order valence-corrected chi connectivity index (χ0v) is 15.0. The maximum atomic E-state index is 12.2. The predicted molar refractivity (Wildman–Crippen MR) is 99.5 cm³/mol. The Labute approximate surface area is 156 Å². The summed E-state index contributed by atoms with van der Waals surface area (Å²) in [5.74, 6) is -1.08. The van der Waals surface area contributed by atoms with E-state index in [1.54, 1.807) is 36.4 Å². The minimum atomic E-state index is -1.00. The van der Waals surface area contributed by atoms with Gasteiger partial charge in [0.05, 0.1) is 12.1 Å². The zero-order valence-electron chi connectivity index (χ0n) is 15.0. The zero-order chi connectivity index (χ0) is 19.4. The van der Waals surface area contributed by atoms with Gasteiger partial charge in [-0.1, -0.05) is 30.3 Å². The number of rotatable bonds is 5. The third-order valence-electron chi connectivity index (χ3n) is 4.14. The van der Waals surface area contributed by atoms with Gasteiger partial charge in [-0.3, -0.25) is 14.4 Å². The van der Waals surface area contributed by atoms with Crippen LogP contribution in [0.2, 0.25) is 0 Å². The fraction of sp³-hybridized carbons (Fsp3) is 0.250. The Hall–Kier alpha value is -3.35. The SMILES string of the molecule is Cc1ccccc1NC(=O)[C@@H](C)OC(=O)C[C@@H]1Oc2ccccc2NC1=O. The molecule has 0 aliphatic carbocycles. The molecule has 0 fully saturated rings. The molecule has 0 saturated carbocycles. The summed E-state index contributed by atoms with van der Waals surface area (Å²) < 4.78 is 10.7. The van der Waals surface area contributed by atoms with Gasteiger partial charge in [-0.15, -0.1) is 0 Å². The maximum absolute atomic E-state index is 12.2. The fourth-order valence-electron chi connectivity index (χ4n) is 2.62. The van der Waals surface area contributed by atoms with Crippen LogP contribution in [0.25, 0.3) is 0 Å². The first kappa shape index (κ1) is 18.4. The Bertz CT molecular complexity index is 880. The third kappa shape index (κ3) is 4.44. The lowest BCUT2D eigenvalue weighted by Gasteiger charge is -2.25. The first-order valence-electron chi connectivity index (χ1n) is 8.56. The molecule has 2 aromatic carbocycles. The number of amides is 2. The van der Waals surface area contributed by atoms with Crippen LogP contribution in [-0.4, -0.2) is 30.0 Å². The van der Waals surface area contributed by atoms with Crippen molar-refractivity contribution in [3.63, 3.8) is 0 Å². The Kier molecular flexibility index (Phi) is 5.40. The third-order valence-corrected chi connectivity index (χ3v) is 4.14. The molecule has 1 aliphatic rings. The quantitative estimate of drug-likeness (QED) is 0.792. The first-order valence-corrected chi connectivity index (χ1v) is 8.56. The number of ether oxygens (including phenoxy) is 2. The number of para-hydroxylation sites is 3. The summed E-state index contributed by atoms with van der Waals surface area (Å²) in [6.45, 7) is 3.34. The van der Waals surface area contributed by atoms with Crippen molar-refractivity contribution < 1.29 is 23.9 Å². The van der Waals surface area contributed by atoms with Crippen molar-refractivity contribution >= 4 is 29.2 Å². The molecule has 0 bridgehead atoms. The molecule has 140 valence electrons. The highest BCUT2D eigenvalue weighted by molar-refractivity contribution is 6.00. The van der Waals surface area contributed by atoms with Crippen LogP contribution in [0.1, 0.15) is 18.9 Å². The summed E-state index contributed by atoms with van der Waals surface area (Å²) in [6.07, 6.45) is -2.29. The van der Waals surface area contributed by atoms with Gasteiger partial charge in [-0.05, 0) is 37.6 Å². The van der Waals surface area contributed by atoms with Crippen LogP contribution in [0.3, 0.4) is 0 Å². The van der Waals surface area contributed by atoms with Crippen LogP contribution in [0.5, 0.6) is 5.75 Å². The molecule has 2 N–H and O–H groups in total. The normalized spacial score (nSPS) is 16.4. The van der Waals surface area contributed by atoms with E-state index in [0.29, 0.717) is 17.1 Å². The van der Waals surface area contributed by atoms with E-state index in [1.807, 2.05) is 19.1 Å². The molecule has 0 spiro atoms. The van der Waals surface area contributed by atoms with Crippen molar-refractivity contribution in [2.24, 2.45) is 0 Å². The minimum Gasteiger partial charge on any atom is -0.478 e. The van der Waals surface area contributed by atoms with Gasteiger partial charge in [0.1, 0.15) is 5.75 Å². The van der Waals surface area contributed by atoms with E-state index >= 15 is 0 Å². The van der Waals surface area contributed by atoms with E-state index < -0.39 is 30.0 Å². The average molecular weight is 368 g/mol. The van der Waals surface area contributed by atoms with Crippen LogP contribution in [0.4, 0.5) is 11.4 Å². The minimum absolute atomic E-state index is 0.290. The number of aryl methyl sites for hydroxylation is 1. The Morgan fingerprint density at radius 3 is 2.67 bits per heavy atom. The second kappa shape index (κ2) is 7.90. The van der Waals surface area contributed by atoms with Gasteiger partial charge >= 0.3 is 5.97 Å². The number of anilines is 2. The molecule has 7 nitrogen and oxygen atoms in total. The van der Waals surface area contributed by atoms with Crippen LogP contribution in [0, 0.1) is 6.92 Å². The highest BCUT2D eigenvalue weighted by Crippen LogP contribution is 2.29. The Morgan fingerprint density at radius 1 is 1.19 bits per heavy atom. The summed E-state index contributed by atoms with van der Waals surface area (Å²) in [6, 6.07) is 14.2. The first-order chi connectivity index (χ1) is 12.9. The number of nitrogens with one attached hydrogen (secondary N) is 2. The maximum Gasteiger partial charge on any atom is 0.310 e. The van der Waals surface area contributed by atoms with E-state index in [4.69, 9.17) is 9.47 Å². The molecule has 3 rings (SSSR count). The molecule has 2 amide bonds. The van der Waals surface area contributed by atoms with Crippen molar-refractivity contribution in [1.82, 2.24) is 0 Å². The Balaban J connectivity index is 1.55. The van der Waals surface area contributed by atoms with Gasteiger partial charge in [0, 0.05) is 5.69 Å². The molecule has 0 saturated heterocycles. The standard InChI is InChI=1S/C20H20N2O5/c1-12-7-3-4-8-14(12)21-19(24)13(2)26-18(23)11-17-20(25)22-15-9-5-6-10-16(15)27-17/h3-10,13,17H,11H2,1-2H3,(H,21,24)(H,22,25)/t13-,17+/m1/s1. The number of fused-ring (bicyclic) bond motifs is 1. The number of esters is 1. The lowest BCUT2D eigenvalue weighted by Crippen LogP contribution is -2.40. The molecule has 7 heteroatoms. The van der Waals surface area contributed by atoms with Gasteiger partial charge in [0.15, 0.2) is 12.2 Å².